The molecule has 0 saturated heterocycles. The van der Waals surface area contributed by atoms with Gasteiger partial charge in [-0.15, -0.1) is 11.3 Å². The van der Waals surface area contributed by atoms with Crippen LogP contribution in [-0.4, -0.2) is 24.7 Å². The van der Waals surface area contributed by atoms with Crippen LogP contribution in [0.3, 0.4) is 0 Å². The standard InChI is InChI=1S/C11H16BrNO2S/c1-7(2)8(6-14)11(15)13(3)10-5-4-9(12)16-10/h4-5,7-8,14H,6H2,1-3H3. The van der Waals surface area contributed by atoms with Crippen LogP contribution in [0.4, 0.5) is 5.00 Å². The van der Waals surface area contributed by atoms with Crippen molar-refractivity contribution in [3.8, 4) is 0 Å². The Kier molecular flexibility index (Phi) is 4.95. The molecule has 1 rings (SSSR count). The SMILES string of the molecule is CC(C)C(CO)C(=O)N(C)c1ccc(Br)s1. The Bertz CT molecular complexity index is 365. The fraction of sp³-hybridized carbons (Fsp3) is 0.545. The first kappa shape index (κ1) is 13.7. The number of anilines is 1. The molecule has 1 amide bonds. The molecule has 1 unspecified atom stereocenters. The van der Waals surface area contributed by atoms with Crippen molar-refractivity contribution in [1.29, 1.82) is 0 Å². The lowest BCUT2D eigenvalue weighted by Crippen LogP contribution is -2.36. The van der Waals surface area contributed by atoms with Crippen LogP contribution >= 0.6 is 27.3 Å². The van der Waals surface area contributed by atoms with Gasteiger partial charge in [0.2, 0.25) is 5.91 Å². The lowest BCUT2D eigenvalue weighted by atomic mass is 9.95. The highest BCUT2D eigenvalue weighted by Gasteiger charge is 2.25. The second-order valence-corrected chi connectivity index (χ2v) is 6.45. The molecule has 5 heteroatoms. The Morgan fingerprint density at radius 2 is 2.19 bits per heavy atom. The van der Waals surface area contributed by atoms with Gasteiger partial charge in [0.05, 0.1) is 21.3 Å². The molecule has 0 aliphatic carbocycles. The van der Waals surface area contributed by atoms with E-state index in [9.17, 15) is 9.90 Å². The quantitative estimate of drug-likeness (QED) is 0.929. The van der Waals surface area contributed by atoms with E-state index < -0.39 is 0 Å². The molecule has 0 radical (unpaired) electrons. The summed E-state index contributed by atoms with van der Waals surface area (Å²) in [7, 11) is 1.74. The van der Waals surface area contributed by atoms with Crippen LogP contribution in [0.15, 0.2) is 15.9 Å². The minimum Gasteiger partial charge on any atom is -0.396 e. The van der Waals surface area contributed by atoms with Crippen LogP contribution in [0.2, 0.25) is 0 Å². The summed E-state index contributed by atoms with van der Waals surface area (Å²) >= 11 is 4.87. The number of rotatable bonds is 4. The van der Waals surface area contributed by atoms with E-state index in [1.807, 2.05) is 26.0 Å². The third-order valence-electron chi connectivity index (χ3n) is 2.54. The van der Waals surface area contributed by atoms with Gasteiger partial charge in [-0.05, 0) is 34.0 Å². The predicted octanol–water partition coefficient (Wildman–Crippen LogP) is 2.74. The highest BCUT2D eigenvalue weighted by atomic mass is 79.9. The molecule has 1 aromatic rings. The van der Waals surface area contributed by atoms with E-state index in [2.05, 4.69) is 15.9 Å². The summed E-state index contributed by atoms with van der Waals surface area (Å²) in [5.74, 6) is -0.221. The van der Waals surface area contributed by atoms with Crippen LogP contribution < -0.4 is 4.90 Å². The van der Waals surface area contributed by atoms with E-state index in [0.717, 1.165) is 8.79 Å². The number of amides is 1. The minimum atomic E-state index is -0.328. The summed E-state index contributed by atoms with van der Waals surface area (Å²) in [6, 6.07) is 3.80. The number of aliphatic hydroxyl groups excluding tert-OH is 1. The maximum atomic E-state index is 12.1. The van der Waals surface area contributed by atoms with Gasteiger partial charge in [-0.25, -0.2) is 0 Å². The fourth-order valence-corrected chi connectivity index (χ4v) is 2.74. The summed E-state index contributed by atoms with van der Waals surface area (Å²) < 4.78 is 0.993. The second kappa shape index (κ2) is 5.80. The molecule has 0 spiro atoms. The lowest BCUT2D eigenvalue weighted by Gasteiger charge is -2.23. The number of carbonyl (C=O) groups excluding carboxylic acids is 1. The molecule has 90 valence electrons. The van der Waals surface area contributed by atoms with Crippen molar-refractivity contribution in [2.45, 2.75) is 13.8 Å². The molecule has 0 bridgehead atoms. The number of aliphatic hydroxyl groups is 1. The van der Waals surface area contributed by atoms with Gasteiger partial charge in [0, 0.05) is 7.05 Å². The van der Waals surface area contributed by atoms with Crippen LogP contribution in [-0.2, 0) is 4.79 Å². The summed E-state index contributed by atoms with van der Waals surface area (Å²) in [6.45, 7) is 3.78. The molecule has 1 N–H and O–H groups in total. The molecule has 0 aliphatic heterocycles. The van der Waals surface area contributed by atoms with Gasteiger partial charge in [-0.3, -0.25) is 4.79 Å². The van der Waals surface area contributed by atoms with Gasteiger partial charge in [-0.2, -0.15) is 0 Å². The van der Waals surface area contributed by atoms with Crippen LogP contribution in [0, 0.1) is 11.8 Å². The van der Waals surface area contributed by atoms with Gasteiger partial charge in [0.15, 0.2) is 0 Å². The van der Waals surface area contributed by atoms with Crippen molar-refractivity contribution < 1.29 is 9.90 Å². The topological polar surface area (TPSA) is 40.5 Å². The van der Waals surface area contributed by atoms with E-state index in [1.165, 1.54) is 11.3 Å². The molecule has 16 heavy (non-hydrogen) atoms. The first-order valence-corrected chi connectivity index (χ1v) is 6.72. The van der Waals surface area contributed by atoms with Gasteiger partial charge in [-0.1, -0.05) is 13.8 Å². The third-order valence-corrected chi connectivity index (χ3v) is 4.24. The molecule has 0 aromatic carbocycles. The average molecular weight is 306 g/mol. The maximum Gasteiger partial charge on any atom is 0.233 e. The highest BCUT2D eigenvalue weighted by molar-refractivity contribution is 9.11. The smallest absolute Gasteiger partial charge is 0.233 e. The number of hydrogen-bond donors (Lipinski definition) is 1. The van der Waals surface area contributed by atoms with Crippen LogP contribution in [0.5, 0.6) is 0 Å². The Balaban J connectivity index is 2.81. The minimum absolute atomic E-state index is 0.0353. The Labute approximate surface area is 108 Å². The lowest BCUT2D eigenvalue weighted by molar-refractivity contribution is -0.124. The number of hydrogen-bond acceptors (Lipinski definition) is 3. The van der Waals surface area contributed by atoms with E-state index in [1.54, 1.807) is 11.9 Å². The predicted molar refractivity (Wildman–Crippen MR) is 70.8 cm³/mol. The van der Waals surface area contributed by atoms with Gasteiger partial charge < -0.3 is 10.0 Å². The first-order valence-electron chi connectivity index (χ1n) is 5.11. The molecule has 3 nitrogen and oxygen atoms in total. The summed E-state index contributed by atoms with van der Waals surface area (Å²) in [4.78, 5) is 13.7. The monoisotopic (exact) mass is 305 g/mol. The van der Waals surface area contributed by atoms with Crippen molar-refractivity contribution >= 4 is 38.2 Å². The van der Waals surface area contributed by atoms with E-state index in [0.29, 0.717) is 0 Å². The van der Waals surface area contributed by atoms with Crippen molar-refractivity contribution in [3.05, 3.63) is 15.9 Å². The molecule has 0 saturated carbocycles. The zero-order valence-electron chi connectivity index (χ0n) is 9.61. The fourth-order valence-electron chi connectivity index (χ4n) is 1.42. The Morgan fingerprint density at radius 3 is 2.56 bits per heavy atom. The zero-order valence-corrected chi connectivity index (χ0v) is 12.0. The maximum absolute atomic E-state index is 12.1. The van der Waals surface area contributed by atoms with Gasteiger partial charge >= 0.3 is 0 Å². The van der Waals surface area contributed by atoms with E-state index >= 15 is 0 Å². The van der Waals surface area contributed by atoms with Crippen LogP contribution in [0.1, 0.15) is 13.8 Å². The summed E-state index contributed by atoms with van der Waals surface area (Å²) in [5.41, 5.74) is 0. The third kappa shape index (κ3) is 3.06. The van der Waals surface area contributed by atoms with Crippen molar-refractivity contribution in [3.63, 3.8) is 0 Å². The Hall–Kier alpha value is -0.390. The highest BCUT2D eigenvalue weighted by Crippen LogP contribution is 2.30. The number of nitrogens with zero attached hydrogens (tertiary/aromatic N) is 1. The molecule has 1 aromatic heterocycles. The van der Waals surface area contributed by atoms with Crippen molar-refractivity contribution in [2.75, 3.05) is 18.6 Å². The van der Waals surface area contributed by atoms with Crippen molar-refractivity contribution in [2.24, 2.45) is 11.8 Å². The molecular formula is C11H16BrNO2S. The summed E-state index contributed by atoms with van der Waals surface area (Å²) in [6.07, 6.45) is 0. The molecule has 0 aliphatic rings. The van der Waals surface area contributed by atoms with Crippen molar-refractivity contribution in [1.82, 2.24) is 0 Å². The molecule has 0 fully saturated rings. The van der Waals surface area contributed by atoms with Gasteiger partial charge in [0.1, 0.15) is 0 Å². The second-order valence-electron chi connectivity index (χ2n) is 4.01. The largest absolute Gasteiger partial charge is 0.396 e. The average Bonchev–Trinajstić information content (AvgIpc) is 2.64. The van der Waals surface area contributed by atoms with Gasteiger partial charge in [0.25, 0.3) is 0 Å². The summed E-state index contributed by atoms with van der Waals surface area (Å²) in [5, 5.41) is 10.1. The van der Waals surface area contributed by atoms with Crippen LogP contribution in [0.25, 0.3) is 0 Å². The molecule has 1 heterocycles. The van der Waals surface area contributed by atoms with E-state index in [4.69, 9.17) is 0 Å². The zero-order chi connectivity index (χ0) is 12.3. The normalized spacial score (nSPS) is 12.9. The Morgan fingerprint density at radius 1 is 1.56 bits per heavy atom. The molecule has 1 atom stereocenters. The number of carbonyl (C=O) groups is 1. The van der Waals surface area contributed by atoms with E-state index in [-0.39, 0.29) is 24.3 Å². The first-order chi connectivity index (χ1) is 7.47. The molecular weight excluding hydrogens is 290 g/mol. The number of halogens is 1. The number of thiophene rings is 1.